The Morgan fingerprint density at radius 1 is 0.897 bits per heavy atom. The Labute approximate surface area is 173 Å². The maximum absolute atomic E-state index is 13.0. The molecule has 6 heteroatoms. The van der Waals surface area contributed by atoms with Gasteiger partial charge in [0.1, 0.15) is 5.75 Å². The number of ether oxygens (including phenoxy) is 1. The number of halogens is 4. The van der Waals surface area contributed by atoms with Crippen LogP contribution in [0.15, 0.2) is 66.7 Å². The molecule has 3 rings (SSSR count). The molecule has 0 aliphatic carbocycles. The Bertz CT molecular complexity index is 972. The summed E-state index contributed by atoms with van der Waals surface area (Å²) in [6.07, 6.45) is -4.13. The highest BCUT2D eigenvalue weighted by Gasteiger charge is 2.32. The lowest BCUT2D eigenvalue weighted by molar-refractivity contribution is -0.274. The van der Waals surface area contributed by atoms with Gasteiger partial charge in [-0.1, -0.05) is 61.8 Å². The highest BCUT2D eigenvalue weighted by atomic mass is 35.5. The van der Waals surface area contributed by atoms with E-state index >= 15 is 0 Å². The van der Waals surface area contributed by atoms with Crippen molar-refractivity contribution < 1.29 is 17.9 Å². The summed E-state index contributed by atoms with van der Waals surface area (Å²) >= 11 is 6.42. The van der Waals surface area contributed by atoms with Crippen molar-refractivity contribution in [1.82, 2.24) is 0 Å². The third kappa shape index (κ3) is 5.91. The molecule has 0 spiro atoms. The van der Waals surface area contributed by atoms with Gasteiger partial charge in [-0.25, -0.2) is 0 Å². The molecule has 3 aromatic rings. The number of anilines is 2. The third-order valence-corrected chi connectivity index (χ3v) is 4.55. The second-order valence-electron chi connectivity index (χ2n) is 7.16. The monoisotopic (exact) mass is 419 g/mol. The van der Waals surface area contributed by atoms with Gasteiger partial charge in [-0.05, 0) is 48.2 Å². The van der Waals surface area contributed by atoms with Crippen molar-refractivity contribution in [2.45, 2.75) is 26.6 Å². The summed E-state index contributed by atoms with van der Waals surface area (Å²) in [5, 5.41) is 3.54. The van der Waals surface area contributed by atoms with E-state index in [1.807, 2.05) is 50.2 Å². The molecule has 0 aliphatic heterocycles. The number of hydrogen-bond acceptors (Lipinski definition) is 2. The molecule has 0 fully saturated rings. The molecule has 0 aromatic heterocycles. The van der Waals surface area contributed by atoms with E-state index < -0.39 is 6.36 Å². The molecular formula is C23H21ClF3NO. The number of alkyl halides is 3. The zero-order valence-electron chi connectivity index (χ0n) is 16.1. The maximum Gasteiger partial charge on any atom is 0.573 e. The third-order valence-electron chi connectivity index (χ3n) is 4.24. The summed E-state index contributed by atoms with van der Waals surface area (Å²) in [7, 11) is 0. The first-order valence-electron chi connectivity index (χ1n) is 9.22. The van der Waals surface area contributed by atoms with Crippen LogP contribution in [-0.4, -0.2) is 6.36 Å². The van der Waals surface area contributed by atoms with E-state index in [0.29, 0.717) is 28.5 Å². The number of nitrogens with one attached hydrogen (secondary N) is 1. The van der Waals surface area contributed by atoms with Crippen LogP contribution >= 0.6 is 11.6 Å². The van der Waals surface area contributed by atoms with Crippen LogP contribution in [0.1, 0.15) is 19.4 Å². The Balaban J connectivity index is 1.96. The molecule has 0 heterocycles. The molecule has 2 nitrogen and oxygen atoms in total. The first kappa shape index (κ1) is 21.1. The number of para-hydroxylation sites is 1. The van der Waals surface area contributed by atoms with Crippen LogP contribution in [-0.2, 0) is 6.42 Å². The van der Waals surface area contributed by atoms with Gasteiger partial charge in [-0.3, -0.25) is 0 Å². The van der Waals surface area contributed by atoms with Gasteiger partial charge in [0, 0.05) is 22.5 Å². The molecule has 0 bridgehead atoms. The minimum absolute atomic E-state index is 0.249. The van der Waals surface area contributed by atoms with Gasteiger partial charge >= 0.3 is 6.36 Å². The predicted molar refractivity (Wildman–Crippen MR) is 112 cm³/mol. The zero-order valence-corrected chi connectivity index (χ0v) is 16.8. The van der Waals surface area contributed by atoms with Crippen molar-refractivity contribution in [2.75, 3.05) is 5.32 Å². The van der Waals surface area contributed by atoms with Crippen LogP contribution in [0.2, 0.25) is 5.02 Å². The fraction of sp³-hybridized carbons (Fsp3) is 0.217. The molecule has 0 amide bonds. The van der Waals surface area contributed by atoms with Crippen LogP contribution in [0.3, 0.4) is 0 Å². The molecule has 0 saturated carbocycles. The lowest BCUT2D eigenvalue weighted by Gasteiger charge is -2.17. The first-order chi connectivity index (χ1) is 13.7. The molecule has 0 radical (unpaired) electrons. The average molecular weight is 420 g/mol. The van der Waals surface area contributed by atoms with Crippen LogP contribution in [0.25, 0.3) is 11.1 Å². The topological polar surface area (TPSA) is 21.3 Å². The van der Waals surface area contributed by atoms with Gasteiger partial charge in [0.05, 0.1) is 5.02 Å². The summed E-state index contributed by atoms with van der Waals surface area (Å²) in [6, 6.07) is 19.5. The standard InChI is InChI=1S/C23H21ClF3NO/c1-15(2)12-16-8-10-20(22(13-16)29-23(25,26)27)19-11-9-18(14-21(19)24)28-17-6-4-3-5-7-17/h3-11,13-15,28H,12H2,1-2H3. The number of rotatable bonds is 6. The van der Waals surface area contributed by atoms with E-state index in [0.717, 1.165) is 16.9 Å². The summed E-state index contributed by atoms with van der Waals surface area (Å²) in [5.41, 5.74) is 3.17. The fourth-order valence-corrected chi connectivity index (χ4v) is 3.38. The quantitative estimate of drug-likeness (QED) is 0.439. The van der Waals surface area contributed by atoms with Gasteiger partial charge in [-0.2, -0.15) is 0 Å². The maximum atomic E-state index is 13.0. The molecule has 0 atom stereocenters. The minimum Gasteiger partial charge on any atom is -0.405 e. The van der Waals surface area contributed by atoms with Crippen molar-refractivity contribution in [3.8, 4) is 16.9 Å². The molecule has 152 valence electrons. The second-order valence-corrected chi connectivity index (χ2v) is 7.57. The average Bonchev–Trinajstić information content (AvgIpc) is 2.62. The lowest BCUT2D eigenvalue weighted by atomic mass is 9.98. The molecule has 0 unspecified atom stereocenters. The van der Waals surface area contributed by atoms with Gasteiger partial charge in [-0.15, -0.1) is 13.2 Å². The summed E-state index contributed by atoms with van der Waals surface area (Å²) in [6.45, 7) is 4.01. The fourth-order valence-electron chi connectivity index (χ4n) is 3.10. The van der Waals surface area contributed by atoms with Crippen molar-refractivity contribution in [1.29, 1.82) is 0 Å². The van der Waals surface area contributed by atoms with Crippen molar-refractivity contribution in [2.24, 2.45) is 5.92 Å². The van der Waals surface area contributed by atoms with E-state index in [2.05, 4.69) is 10.1 Å². The summed E-state index contributed by atoms with van der Waals surface area (Å²) < 4.78 is 43.2. The van der Waals surface area contributed by atoms with Gasteiger partial charge in [0.15, 0.2) is 0 Å². The Kier molecular flexibility index (Phi) is 6.38. The number of hydrogen-bond donors (Lipinski definition) is 1. The van der Waals surface area contributed by atoms with Crippen molar-refractivity contribution in [3.05, 3.63) is 77.3 Å². The molecule has 1 N–H and O–H groups in total. The van der Waals surface area contributed by atoms with E-state index in [-0.39, 0.29) is 5.75 Å². The van der Waals surface area contributed by atoms with E-state index in [9.17, 15) is 13.2 Å². The first-order valence-corrected chi connectivity index (χ1v) is 9.60. The SMILES string of the molecule is CC(C)Cc1ccc(-c2ccc(Nc3ccccc3)cc2Cl)c(OC(F)(F)F)c1. The van der Waals surface area contributed by atoms with Crippen LogP contribution in [0.4, 0.5) is 24.5 Å². The second kappa shape index (κ2) is 8.78. The molecule has 3 aromatic carbocycles. The highest BCUT2D eigenvalue weighted by Crippen LogP contribution is 2.39. The van der Waals surface area contributed by atoms with E-state index in [1.165, 1.54) is 6.07 Å². The largest absolute Gasteiger partial charge is 0.573 e. The smallest absolute Gasteiger partial charge is 0.405 e. The molecule has 0 aliphatic rings. The zero-order chi connectivity index (χ0) is 21.0. The van der Waals surface area contributed by atoms with Crippen molar-refractivity contribution >= 4 is 23.0 Å². The normalized spacial score (nSPS) is 11.6. The Hall–Kier alpha value is -2.66. The number of benzene rings is 3. The van der Waals surface area contributed by atoms with E-state index in [4.69, 9.17) is 11.6 Å². The molecule has 29 heavy (non-hydrogen) atoms. The molecule has 0 saturated heterocycles. The van der Waals surface area contributed by atoms with Crippen LogP contribution in [0, 0.1) is 5.92 Å². The summed E-state index contributed by atoms with van der Waals surface area (Å²) in [5.74, 6) is 0.0628. The summed E-state index contributed by atoms with van der Waals surface area (Å²) in [4.78, 5) is 0. The predicted octanol–water partition coefficient (Wildman–Crippen LogP) is 7.85. The molecular weight excluding hydrogens is 399 g/mol. The minimum atomic E-state index is -4.79. The Morgan fingerprint density at radius 2 is 1.59 bits per heavy atom. The highest BCUT2D eigenvalue weighted by molar-refractivity contribution is 6.33. The van der Waals surface area contributed by atoms with Gasteiger partial charge in [0.25, 0.3) is 0 Å². The van der Waals surface area contributed by atoms with Gasteiger partial charge < -0.3 is 10.1 Å². The van der Waals surface area contributed by atoms with Crippen LogP contribution < -0.4 is 10.1 Å². The van der Waals surface area contributed by atoms with E-state index in [1.54, 1.807) is 24.3 Å². The Morgan fingerprint density at radius 3 is 2.21 bits per heavy atom. The van der Waals surface area contributed by atoms with Gasteiger partial charge in [0.2, 0.25) is 0 Å². The van der Waals surface area contributed by atoms with Crippen molar-refractivity contribution in [3.63, 3.8) is 0 Å². The van der Waals surface area contributed by atoms with Crippen LogP contribution in [0.5, 0.6) is 5.75 Å². The lowest BCUT2D eigenvalue weighted by Crippen LogP contribution is -2.18.